The highest BCUT2D eigenvalue weighted by molar-refractivity contribution is 6.09. The van der Waals surface area contributed by atoms with Gasteiger partial charge in [-0.15, -0.1) is 0 Å². The Morgan fingerprint density at radius 1 is 0.477 bits per heavy atom. The van der Waals surface area contributed by atoms with Crippen LogP contribution in [0.25, 0.3) is 83.6 Å². The zero-order valence-electron chi connectivity index (χ0n) is 29.1. The molecule has 0 aliphatic heterocycles. The molecule has 5 nitrogen and oxygen atoms in total. The third kappa shape index (κ3) is 3.91. The first-order chi connectivity index (χ1) is 24.3. The van der Waals surface area contributed by atoms with Crippen LogP contribution in [0.4, 0.5) is 0 Å². The van der Waals surface area contributed by atoms with E-state index >= 15 is 0 Å². The van der Waals surface area contributed by atoms with E-state index in [1.54, 1.807) is 4.57 Å². The maximum absolute atomic E-state index is 8.84. The Hall–Kier alpha value is -6.07. The molecule has 3 heterocycles. The van der Waals surface area contributed by atoms with Gasteiger partial charge in [0.25, 0.3) is 0 Å². The minimum absolute atomic E-state index is 0.0253. The molecule has 0 aliphatic carbocycles. The zero-order valence-corrected chi connectivity index (χ0v) is 23.1. The number of nitrogens with zero attached hydrogens (tertiary/aromatic N) is 4. The number of benzene rings is 6. The van der Waals surface area contributed by atoms with Crippen LogP contribution in [0.3, 0.4) is 0 Å². The third-order valence-electron chi connectivity index (χ3n) is 7.79. The van der Waals surface area contributed by atoms with Crippen LogP contribution in [0, 0.1) is 0 Å². The van der Waals surface area contributed by atoms with E-state index in [1.165, 1.54) is 12.1 Å². The fraction of sp³-hybridized carbons (Fsp3) is 0. The van der Waals surface area contributed by atoms with Crippen LogP contribution in [0.1, 0.15) is 8.22 Å². The van der Waals surface area contributed by atoms with Gasteiger partial charge in [0.2, 0.25) is 0 Å². The van der Waals surface area contributed by atoms with E-state index in [-0.39, 0.29) is 58.1 Å². The number of furan rings is 1. The van der Waals surface area contributed by atoms with Crippen LogP contribution in [-0.2, 0) is 0 Å². The van der Waals surface area contributed by atoms with Gasteiger partial charge in [-0.25, -0.2) is 15.0 Å². The third-order valence-corrected chi connectivity index (χ3v) is 7.79. The molecule has 0 unspecified atom stereocenters. The van der Waals surface area contributed by atoms with Gasteiger partial charge in [-0.3, -0.25) is 0 Å². The largest absolute Gasteiger partial charge is 0.456 e. The maximum atomic E-state index is 8.84. The number of hydrogen-bond donors (Lipinski definition) is 0. The zero-order chi connectivity index (χ0) is 34.3. The Labute approximate surface area is 261 Å². The van der Waals surface area contributed by atoms with Gasteiger partial charge in [0.15, 0.2) is 17.5 Å². The van der Waals surface area contributed by atoms with Crippen molar-refractivity contribution < 1.29 is 12.6 Å². The first kappa shape index (κ1) is 19.2. The molecule has 6 aromatic carbocycles. The number of rotatable bonds is 4. The second-order valence-corrected chi connectivity index (χ2v) is 10.4. The van der Waals surface area contributed by atoms with Gasteiger partial charge >= 0.3 is 0 Å². The summed E-state index contributed by atoms with van der Waals surface area (Å²) in [5, 5.41) is 2.41. The number of aromatic nitrogens is 4. The van der Waals surface area contributed by atoms with Gasteiger partial charge in [0.1, 0.15) is 11.2 Å². The molecule has 0 spiro atoms. The van der Waals surface area contributed by atoms with Gasteiger partial charge in [0.05, 0.1) is 19.3 Å². The summed E-state index contributed by atoms with van der Waals surface area (Å²) in [7, 11) is 0. The lowest BCUT2D eigenvalue weighted by molar-refractivity contribution is 0.669. The minimum Gasteiger partial charge on any atom is -0.456 e. The van der Waals surface area contributed by atoms with Crippen LogP contribution < -0.4 is 0 Å². The average Bonchev–Trinajstić information content (AvgIpc) is 3.70. The molecular weight excluding hydrogens is 540 g/mol. The normalized spacial score (nSPS) is 13.5. The topological polar surface area (TPSA) is 56.7 Å². The predicted molar refractivity (Wildman–Crippen MR) is 178 cm³/mol. The molecule has 0 fully saturated rings. The fourth-order valence-electron chi connectivity index (χ4n) is 5.77. The van der Waals surface area contributed by atoms with Crippen molar-refractivity contribution in [2.45, 2.75) is 0 Å². The number of fused-ring (bicyclic) bond motifs is 6. The summed E-state index contributed by atoms with van der Waals surface area (Å²) in [6, 6.07) is 32.7. The van der Waals surface area contributed by atoms with Crippen molar-refractivity contribution in [2.24, 2.45) is 0 Å². The van der Waals surface area contributed by atoms with E-state index in [0.717, 1.165) is 27.5 Å². The molecule has 0 radical (unpaired) electrons. The van der Waals surface area contributed by atoms with Gasteiger partial charge in [-0.05, 0) is 42.4 Å². The lowest BCUT2D eigenvalue weighted by Crippen LogP contribution is -2.01. The molecule has 3 aromatic heterocycles. The molecule has 0 atom stereocenters. The van der Waals surface area contributed by atoms with Crippen molar-refractivity contribution >= 4 is 43.7 Å². The molecule has 9 rings (SSSR count). The molecule has 5 heteroatoms. The van der Waals surface area contributed by atoms with Crippen LogP contribution in [0.2, 0.25) is 0 Å². The van der Waals surface area contributed by atoms with Crippen LogP contribution in [0.5, 0.6) is 0 Å². The predicted octanol–water partition coefficient (Wildman–Crippen LogP) is 9.87. The molecule has 0 saturated heterocycles. The van der Waals surface area contributed by atoms with Crippen LogP contribution in [0.15, 0.2) is 150 Å². The lowest BCUT2D eigenvalue weighted by atomic mass is 10.1. The number of para-hydroxylation sites is 3. The highest BCUT2D eigenvalue weighted by Crippen LogP contribution is 2.35. The highest BCUT2D eigenvalue weighted by Gasteiger charge is 2.16. The van der Waals surface area contributed by atoms with E-state index in [4.69, 9.17) is 27.6 Å². The molecule has 44 heavy (non-hydrogen) atoms. The Kier molecular flexibility index (Phi) is 4.25. The highest BCUT2D eigenvalue weighted by atomic mass is 16.3. The molecule has 206 valence electrons. The quantitative estimate of drug-likeness (QED) is 0.211. The van der Waals surface area contributed by atoms with E-state index in [9.17, 15) is 0 Å². The molecule has 0 aliphatic rings. The van der Waals surface area contributed by atoms with Crippen LogP contribution >= 0.6 is 0 Å². The second kappa shape index (κ2) is 9.75. The van der Waals surface area contributed by atoms with E-state index in [0.29, 0.717) is 34.3 Å². The van der Waals surface area contributed by atoms with Gasteiger partial charge < -0.3 is 8.98 Å². The Balaban J connectivity index is 1.28. The van der Waals surface area contributed by atoms with Crippen molar-refractivity contribution in [1.82, 2.24) is 19.5 Å². The number of hydrogen-bond acceptors (Lipinski definition) is 4. The summed E-state index contributed by atoms with van der Waals surface area (Å²) < 4.78 is 59.6. The first-order valence-electron chi connectivity index (χ1n) is 17.1. The van der Waals surface area contributed by atoms with Crippen molar-refractivity contribution in [3.63, 3.8) is 0 Å². The van der Waals surface area contributed by atoms with Crippen LogP contribution in [-0.4, -0.2) is 19.5 Å². The van der Waals surface area contributed by atoms with E-state index in [2.05, 4.69) is 0 Å². The molecule has 0 bridgehead atoms. The molecule has 0 N–H and O–H groups in total. The SMILES string of the molecule is [2H]c1cc([2H])c2c(c1[2H])c1c([2H])c([2H])cc([2H])c1n2-c1cccc(-c2nc(-c3ccccc3)nc(-c3ccc4c(c3)oc3ccccc34)n2)c1. The minimum atomic E-state index is -0.163. The van der Waals surface area contributed by atoms with Gasteiger partial charge in [0, 0.05) is 43.9 Å². The van der Waals surface area contributed by atoms with Crippen molar-refractivity contribution in [3.8, 4) is 39.9 Å². The summed E-state index contributed by atoms with van der Waals surface area (Å²) in [4.78, 5) is 14.7. The van der Waals surface area contributed by atoms with Crippen molar-refractivity contribution in [1.29, 1.82) is 0 Å². The van der Waals surface area contributed by atoms with E-state index in [1.807, 2.05) is 97.1 Å². The molecule has 0 amide bonds. The second-order valence-electron chi connectivity index (χ2n) is 10.4. The first-order valence-corrected chi connectivity index (χ1v) is 14.1. The Bertz CT molecular complexity index is 2780. The van der Waals surface area contributed by atoms with Gasteiger partial charge in [-0.2, -0.15) is 0 Å². The van der Waals surface area contributed by atoms with Crippen molar-refractivity contribution in [3.05, 3.63) is 145 Å². The summed E-state index contributed by atoms with van der Waals surface area (Å²) >= 11 is 0. The molecular formula is C39H24N4O. The maximum Gasteiger partial charge on any atom is 0.164 e. The molecule has 0 saturated carbocycles. The van der Waals surface area contributed by atoms with Gasteiger partial charge in [-0.1, -0.05) is 103 Å². The molecule has 9 aromatic rings. The Morgan fingerprint density at radius 2 is 1.09 bits per heavy atom. The monoisotopic (exact) mass is 570 g/mol. The summed E-state index contributed by atoms with van der Waals surface area (Å²) in [6.07, 6.45) is 0. The summed E-state index contributed by atoms with van der Waals surface area (Å²) in [5.74, 6) is 1.31. The standard InChI is InChI=1S/C39H24N4O/c1-2-11-25(12-3-1)37-40-38(42-39(41-37)27-21-22-32-31-17-6-9-20-35(31)44-36(32)24-27)26-13-10-14-28(23-26)43-33-18-7-4-15-29(33)30-16-5-8-19-34(30)43/h1-24H/i4D,5D,15D,16D,18D,19D. The average molecular weight is 571 g/mol. The lowest BCUT2D eigenvalue weighted by Gasteiger charge is -2.11. The smallest absolute Gasteiger partial charge is 0.164 e. The van der Waals surface area contributed by atoms with Crippen molar-refractivity contribution in [2.75, 3.05) is 0 Å². The van der Waals surface area contributed by atoms with E-state index < -0.39 is 0 Å². The Morgan fingerprint density at radius 3 is 1.84 bits per heavy atom. The fourth-order valence-corrected chi connectivity index (χ4v) is 5.77. The summed E-state index contributed by atoms with van der Waals surface area (Å²) in [5.41, 5.74) is 4.81. The summed E-state index contributed by atoms with van der Waals surface area (Å²) in [6.45, 7) is 0.